The van der Waals surface area contributed by atoms with Crippen LogP contribution >= 0.6 is 0 Å². The molecule has 1 heterocycles. The van der Waals surface area contributed by atoms with Crippen molar-refractivity contribution in [2.45, 2.75) is 32.6 Å². The maximum atomic E-state index is 2.42. The first kappa shape index (κ1) is 24.9. The molecule has 0 saturated heterocycles. The minimum absolute atomic E-state index is 0.494. The zero-order valence-electron chi connectivity index (χ0n) is 24.1. The fourth-order valence-corrected chi connectivity index (χ4v) is 7.35. The van der Waals surface area contributed by atoms with Crippen LogP contribution in [0.5, 0.6) is 0 Å². The van der Waals surface area contributed by atoms with E-state index in [9.17, 15) is 0 Å². The van der Waals surface area contributed by atoms with E-state index in [-0.39, 0.29) is 0 Å². The standard InChI is InChI=1S/C41H33N/c1-27-23-29(25-31-26-30-11-3-4-12-35(30)37-14-6-5-13-36(31)37)19-21-33(27)34-22-20-32(24-28(34)2)42-40-17-9-7-15-38(40)39-16-8-10-18-41(39)42/h3-24,31H,25-26H2,1-2H3. The van der Waals surface area contributed by atoms with E-state index in [4.69, 9.17) is 0 Å². The van der Waals surface area contributed by atoms with E-state index in [2.05, 4.69) is 152 Å². The van der Waals surface area contributed by atoms with Gasteiger partial charge >= 0.3 is 0 Å². The van der Waals surface area contributed by atoms with Crippen LogP contribution in [0.15, 0.2) is 133 Å². The molecule has 0 radical (unpaired) electrons. The number of hydrogen-bond acceptors (Lipinski definition) is 0. The molecule has 1 aliphatic carbocycles. The van der Waals surface area contributed by atoms with Gasteiger partial charge in [0.25, 0.3) is 0 Å². The molecule has 1 aliphatic rings. The molecule has 1 nitrogen and oxygen atoms in total. The molecule has 1 heteroatoms. The van der Waals surface area contributed by atoms with Gasteiger partial charge in [-0.25, -0.2) is 0 Å². The van der Waals surface area contributed by atoms with Gasteiger partial charge in [-0.1, -0.05) is 109 Å². The molecular formula is C41H33N. The minimum atomic E-state index is 0.494. The SMILES string of the molecule is Cc1cc(CC2Cc3ccccc3-c3ccccc32)ccc1-c1ccc(-n2c3ccccc3c3ccccc32)cc1C. The van der Waals surface area contributed by atoms with E-state index >= 15 is 0 Å². The zero-order valence-corrected chi connectivity index (χ0v) is 24.1. The number of fused-ring (bicyclic) bond motifs is 6. The van der Waals surface area contributed by atoms with Gasteiger partial charge in [-0.05, 0) is 107 Å². The van der Waals surface area contributed by atoms with E-state index in [1.54, 1.807) is 0 Å². The fraction of sp³-hybridized carbons (Fsp3) is 0.122. The molecule has 8 rings (SSSR count). The molecule has 1 atom stereocenters. The Labute approximate surface area is 247 Å². The zero-order chi connectivity index (χ0) is 28.2. The normalized spacial score (nSPS) is 14.2. The third kappa shape index (κ3) is 4.00. The molecule has 1 aromatic heterocycles. The third-order valence-corrected chi connectivity index (χ3v) is 9.29. The van der Waals surface area contributed by atoms with Gasteiger partial charge in [0.05, 0.1) is 11.0 Å². The predicted octanol–water partition coefficient (Wildman–Crippen LogP) is 10.6. The summed E-state index contributed by atoms with van der Waals surface area (Å²) in [5.74, 6) is 0.494. The fourth-order valence-electron chi connectivity index (χ4n) is 7.35. The van der Waals surface area contributed by atoms with E-state index in [1.807, 2.05) is 0 Å². The van der Waals surface area contributed by atoms with Crippen LogP contribution in [0.25, 0.3) is 49.7 Å². The van der Waals surface area contributed by atoms with Crippen molar-refractivity contribution in [2.24, 2.45) is 0 Å². The number of para-hydroxylation sites is 2. The molecule has 42 heavy (non-hydrogen) atoms. The van der Waals surface area contributed by atoms with Crippen molar-refractivity contribution in [3.8, 4) is 27.9 Å². The lowest BCUT2D eigenvalue weighted by Gasteiger charge is -2.28. The molecule has 0 saturated carbocycles. The smallest absolute Gasteiger partial charge is 0.0541 e. The average Bonchev–Trinajstić information content (AvgIpc) is 3.36. The Morgan fingerprint density at radius 1 is 0.548 bits per heavy atom. The van der Waals surface area contributed by atoms with Gasteiger partial charge in [0.15, 0.2) is 0 Å². The van der Waals surface area contributed by atoms with Crippen molar-refractivity contribution in [2.75, 3.05) is 0 Å². The number of nitrogens with zero attached hydrogens (tertiary/aromatic N) is 1. The summed E-state index contributed by atoms with van der Waals surface area (Å²) in [5, 5.41) is 2.59. The van der Waals surface area contributed by atoms with Crippen molar-refractivity contribution in [1.29, 1.82) is 0 Å². The van der Waals surface area contributed by atoms with E-state index in [1.165, 1.54) is 77.6 Å². The van der Waals surface area contributed by atoms with Crippen molar-refractivity contribution in [1.82, 2.24) is 4.57 Å². The summed E-state index contributed by atoms with van der Waals surface area (Å²) in [6.45, 7) is 4.51. The van der Waals surface area contributed by atoms with Gasteiger partial charge in [0.2, 0.25) is 0 Å². The summed E-state index contributed by atoms with van der Waals surface area (Å²) in [4.78, 5) is 0. The van der Waals surface area contributed by atoms with Gasteiger partial charge in [0.1, 0.15) is 0 Å². The summed E-state index contributed by atoms with van der Waals surface area (Å²) in [7, 11) is 0. The van der Waals surface area contributed by atoms with Crippen LogP contribution in [0.3, 0.4) is 0 Å². The van der Waals surface area contributed by atoms with Crippen molar-refractivity contribution in [3.63, 3.8) is 0 Å². The van der Waals surface area contributed by atoms with E-state index in [0.29, 0.717) is 5.92 Å². The molecule has 0 spiro atoms. The quantitative estimate of drug-likeness (QED) is 0.210. The molecule has 7 aromatic rings. The number of rotatable bonds is 4. The van der Waals surface area contributed by atoms with Crippen molar-refractivity contribution < 1.29 is 0 Å². The van der Waals surface area contributed by atoms with Crippen LogP contribution in [0, 0.1) is 13.8 Å². The maximum Gasteiger partial charge on any atom is 0.0541 e. The molecule has 202 valence electrons. The highest BCUT2D eigenvalue weighted by molar-refractivity contribution is 6.09. The summed E-state index contributed by atoms with van der Waals surface area (Å²) >= 11 is 0. The van der Waals surface area contributed by atoms with Crippen LogP contribution in [0.4, 0.5) is 0 Å². The lowest BCUT2D eigenvalue weighted by Crippen LogP contribution is -2.13. The van der Waals surface area contributed by atoms with Gasteiger partial charge in [-0.3, -0.25) is 0 Å². The topological polar surface area (TPSA) is 4.93 Å². The third-order valence-electron chi connectivity index (χ3n) is 9.29. The molecule has 0 fully saturated rings. The van der Waals surface area contributed by atoms with Gasteiger partial charge in [-0.15, -0.1) is 0 Å². The second-order valence-corrected chi connectivity index (χ2v) is 11.9. The Bertz CT molecular complexity index is 2070. The Morgan fingerprint density at radius 2 is 1.14 bits per heavy atom. The van der Waals surface area contributed by atoms with Crippen LogP contribution in [0.2, 0.25) is 0 Å². The van der Waals surface area contributed by atoms with Gasteiger partial charge in [-0.2, -0.15) is 0 Å². The highest BCUT2D eigenvalue weighted by atomic mass is 15.0. The highest BCUT2D eigenvalue weighted by Crippen LogP contribution is 2.41. The van der Waals surface area contributed by atoms with Crippen LogP contribution in [-0.2, 0) is 12.8 Å². The molecule has 0 N–H and O–H groups in total. The molecule has 6 aromatic carbocycles. The number of aryl methyl sites for hydroxylation is 2. The van der Waals surface area contributed by atoms with E-state index in [0.717, 1.165) is 12.8 Å². The van der Waals surface area contributed by atoms with Crippen LogP contribution in [-0.4, -0.2) is 4.57 Å². The number of hydrogen-bond donors (Lipinski definition) is 0. The first-order valence-corrected chi connectivity index (χ1v) is 15.0. The first-order valence-electron chi connectivity index (χ1n) is 15.0. The average molecular weight is 540 g/mol. The van der Waals surface area contributed by atoms with Crippen molar-refractivity contribution in [3.05, 3.63) is 161 Å². The maximum absolute atomic E-state index is 2.42. The summed E-state index contributed by atoms with van der Waals surface area (Å²) < 4.78 is 2.40. The second-order valence-electron chi connectivity index (χ2n) is 11.9. The summed E-state index contributed by atoms with van der Waals surface area (Å²) in [5.41, 5.74) is 16.1. The van der Waals surface area contributed by atoms with Crippen LogP contribution < -0.4 is 0 Å². The van der Waals surface area contributed by atoms with Gasteiger partial charge in [0, 0.05) is 16.5 Å². The Kier molecular flexibility index (Phi) is 5.86. The molecule has 0 bridgehead atoms. The van der Waals surface area contributed by atoms with Gasteiger partial charge < -0.3 is 4.57 Å². The Morgan fingerprint density at radius 3 is 1.86 bits per heavy atom. The Hall–Kier alpha value is -4.88. The second kappa shape index (κ2) is 9.89. The largest absolute Gasteiger partial charge is 0.309 e. The lowest BCUT2D eigenvalue weighted by molar-refractivity contribution is 0.672. The predicted molar refractivity (Wildman–Crippen MR) is 178 cm³/mol. The minimum Gasteiger partial charge on any atom is -0.309 e. The van der Waals surface area contributed by atoms with Crippen molar-refractivity contribution >= 4 is 21.8 Å². The number of benzene rings is 6. The molecule has 0 aliphatic heterocycles. The Balaban J connectivity index is 1.12. The first-order chi connectivity index (χ1) is 20.7. The number of aromatic nitrogens is 1. The molecular weight excluding hydrogens is 506 g/mol. The van der Waals surface area contributed by atoms with E-state index < -0.39 is 0 Å². The molecule has 0 amide bonds. The van der Waals surface area contributed by atoms with Crippen LogP contribution in [0.1, 0.15) is 33.7 Å². The lowest BCUT2D eigenvalue weighted by atomic mass is 9.76. The molecule has 1 unspecified atom stereocenters. The summed E-state index contributed by atoms with van der Waals surface area (Å²) in [6.07, 6.45) is 2.15. The monoisotopic (exact) mass is 539 g/mol. The summed E-state index contributed by atoms with van der Waals surface area (Å²) in [6, 6.07) is 49.4. The highest BCUT2D eigenvalue weighted by Gasteiger charge is 2.24.